The number of carbonyl (C=O) groups is 1. The Morgan fingerprint density at radius 2 is 2.00 bits per heavy atom. The first-order valence-corrected chi connectivity index (χ1v) is 5.11. The maximum absolute atomic E-state index is 11.2. The van der Waals surface area contributed by atoms with E-state index in [0.29, 0.717) is 24.5 Å². The van der Waals surface area contributed by atoms with E-state index in [1.807, 2.05) is 13.0 Å². The van der Waals surface area contributed by atoms with E-state index in [9.17, 15) is 4.79 Å². The molecule has 0 aromatic heterocycles. The van der Waals surface area contributed by atoms with Crippen molar-refractivity contribution in [3.63, 3.8) is 0 Å². The van der Waals surface area contributed by atoms with Crippen LogP contribution in [0.4, 0.5) is 0 Å². The number of ether oxygens (including phenoxy) is 2. The van der Waals surface area contributed by atoms with Gasteiger partial charge in [0.2, 0.25) is 0 Å². The number of methoxy groups -OCH3 is 1. The van der Waals surface area contributed by atoms with Gasteiger partial charge in [0.15, 0.2) is 0 Å². The minimum atomic E-state index is -0.368. The number of benzene rings is 1. The van der Waals surface area contributed by atoms with E-state index in [1.165, 1.54) is 7.11 Å². The molecule has 0 fully saturated rings. The van der Waals surface area contributed by atoms with E-state index in [0.717, 1.165) is 5.56 Å². The fourth-order valence-electron chi connectivity index (χ4n) is 1.17. The molecule has 2 N–H and O–H groups in total. The summed E-state index contributed by atoms with van der Waals surface area (Å²) in [5.74, 6) is 0.302. The van der Waals surface area contributed by atoms with E-state index < -0.39 is 0 Å². The molecule has 0 heterocycles. The molecule has 0 aliphatic carbocycles. The Balaban J connectivity index is 0.000000873. The van der Waals surface area contributed by atoms with Crippen LogP contribution in [0.25, 0.3) is 0 Å². The molecule has 6 heteroatoms. The monoisotopic (exact) mass is 253 g/mol. The largest absolute Gasteiger partial charge is 0.492 e. The molecule has 0 saturated heterocycles. The Hall–Kier alpha value is -2.17. The minimum absolute atomic E-state index is 0.250. The molecule has 0 atom stereocenters. The molecule has 1 aromatic carbocycles. The van der Waals surface area contributed by atoms with Crippen LogP contribution in [0, 0.1) is 6.92 Å². The quantitative estimate of drug-likeness (QED) is 0.786. The number of carbonyl (C=O) groups excluding carboxylic acids is 3. The van der Waals surface area contributed by atoms with Crippen LogP contribution in [0.1, 0.15) is 15.9 Å². The summed E-state index contributed by atoms with van der Waals surface area (Å²) in [5, 5.41) is 0. The molecule has 18 heavy (non-hydrogen) atoms. The lowest BCUT2D eigenvalue weighted by Crippen LogP contribution is -2.11. The van der Waals surface area contributed by atoms with Crippen LogP contribution >= 0.6 is 0 Å². The number of aryl methyl sites for hydroxylation is 1. The molecule has 0 unspecified atom stereocenters. The summed E-state index contributed by atoms with van der Waals surface area (Å²) >= 11 is 0. The predicted octanol–water partition coefficient (Wildman–Crippen LogP) is 0.536. The Morgan fingerprint density at radius 1 is 1.39 bits per heavy atom. The van der Waals surface area contributed by atoms with Gasteiger partial charge in [-0.25, -0.2) is 4.79 Å². The second-order valence-electron chi connectivity index (χ2n) is 3.19. The summed E-state index contributed by atoms with van der Waals surface area (Å²) in [7, 11) is 1.35. The molecule has 0 amide bonds. The Labute approximate surface area is 105 Å². The maximum atomic E-state index is 11.2. The summed E-state index contributed by atoms with van der Waals surface area (Å²) in [5.41, 5.74) is 6.78. The van der Waals surface area contributed by atoms with Crippen molar-refractivity contribution in [2.24, 2.45) is 5.73 Å². The van der Waals surface area contributed by atoms with Gasteiger partial charge in [0.25, 0.3) is 0 Å². The number of hydrogen-bond donors (Lipinski definition) is 1. The van der Waals surface area contributed by atoms with Crippen LogP contribution in [-0.2, 0) is 14.3 Å². The summed E-state index contributed by atoms with van der Waals surface area (Å²) < 4.78 is 10.0. The van der Waals surface area contributed by atoms with Crippen molar-refractivity contribution in [2.45, 2.75) is 6.92 Å². The molecule has 0 aliphatic heterocycles. The number of nitrogens with two attached hydrogens (primary N) is 1. The first-order chi connectivity index (χ1) is 8.60. The smallest absolute Gasteiger partial charge is 0.373 e. The van der Waals surface area contributed by atoms with Crippen LogP contribution in [0.3, 0.4) is 0 Å². The third-order valence-corrected chi connectivity index (χ3v) is 1.98. The normalized spacial score (nSPS) is 8.61. The fraction of sp³-hybridized carbons (Fsp3) is 0.333. The van der Waals surface area contributed by atoms with Gasteiger partial charge in [-0.1, -0.05) is 6.07 Å². The first-order valence-electron chi connectivity index (χ1n) is 5.11. The molecule has 1 rings (SSSR count). The van der Waals surface area contributed by atoms with E-state index >= 15 is 0 Å². The van der Waals surface area contributed by atoms with Gasteiger partial charge in [0, 0.05) is 6.54 Å². The Morgan fingerprint density at radius 3 is 2.50 bits per heavy atom. The van der Waals surface area contributed by atoms with Crippen molar-refractivity contribution < 1.29 is 23.9 Å². The van der Waals surface area contributed by atoms with Crippen molar-refractivity contribution >= 4 is 12.1 Å². The lowest BCUT2D eigenvalue weighted by molar-refractivity contribution is -0.191. The van der Waals surface area contributed by atoms with Crippen LogP contribution in [0.2, 0.25) is 0 Å². The molecular weight excluding hydrogens is 238 g/mol. The second-order valence-corrected chi connectivity index (χ2v) is 3.19. The topological polar surface area (TPSA) is 95.7 Å². The van der Waals surface area contributed by atoms with Gasteiger partial charge in [-0.05, 0) is 24.6 Å². The van der Waals surface area contributed by atoms with Crippen molar-refractivity contribution in [2.75, 3.05) is 20.3 Å². The number of hydrogen-bond acceptors (Lipinski definition) is 6. The Bertz CT molecular complexity index is 424. The zero-order chi connectivity index (χ0) is 14.0. The van der Waals surface area contributed by atoms with Gasteiger partial charge in [0.1, 0.15) is 12.4 Å². The zero-order valence-corrected chi connectivity index (χ0v) is 10.3. The maximum Gasteiger partial charge on any atom is 0.373 e. The van der Waals surface area contributed by atoms with Crippen LogP contribution < -0.4 is 10.5 Å². The van der Waals surface area contributed by atoms with Gasteiger partial charge in [0.05, 0.1) is 12.7 Å². The molecule has 98 valence electrons. The summed E-state index contributed by atoms with van der Waals surface area (Å²) in [6, 6.07) is 5.19. The third-order valence-electron chi connectivity index (χ3n) is 1.98. The molecule has 0 radical (unpaired) electrons. The van der Waals surface area contributed by atoms with Crippen LogP contribution in [0.5, 0.6) is 5.75 Å². The summed E-state index contributed by atoms with van der Waals surface area (Å²) in [4.78, 5) is 27.5. The highest BCUT2D eigenvalue weighted by Gasteiger charge is 2.08. The third kappa shape index (κ3) is 5.25. The summed E-state index contributed by atoms with van der Waals surface area (Å²) in [6.45, 7) is 2.79. The molecule has 1 aromatic rings. The first kappa shape index (κ1) is 15.8. The van der Waals surface area contributed by atoms with E-state index in [-0.39, 0.29) is 12.1 Å². The van der Waals surface area contributed by atoms with E-state index in [2.05, 4.69) is 4.74 Å². The van der Waals surface area contributed by atoms with Gasteiger partial charge in [-0.3, -0.25) is 0 Å². The Kier molecular flexibility index (Phi) is 7.85. The van der Waals surface area contributed by atoms with Gasteiger partial charge in [-0.15, -0.1) is 0 Å². The van der Waals surface area contributed by atoms with Crippen molar-refractivity contribution in [1.82, 2.24) is 0 Å². The van der Waals surface area contributed by atoms with Crippen molar-refractivity contribution in [1.29, 1.82) is 0 Å². The number of rotatable bonds is 4. The van der Waals surface area contributed by atoms with E-state index in [4.69, 9.17) is 20.1 Å². The number of esters is 1. The van der Waals surface area contributed by atoms with Crippen LogP contribution in [0.15, 0.2) is 18.2 Å². The highest BCUT2D eigenvalue weighted by molar-refractivity contribution is 5.89. The minimum Gasteiger partial charge on any atom is -0.492 e. The zero-order valence-electron chi connectivity index (χ0n) is 10.3. The van der Waals surface area contributed by atoms with Crippen molar-refractivity contribution in [3.05, 3.63) is 29.3 Å². The lowest BCUT2D eigenvalue weighted by Gasteiger charge is -2.09. The molecule has 0 aliphatic rings. The molecule has 6 nitrogen and oxygen atoms in total. The van der Waals surface area contributed by atoms with E-state index in [1.54, 1.807) is 12.1 Å². The average Bonchev–Trinajstić information content (AvgIpc) is 2.38. The molecule has 0 saturated carbocycles. The van der Waals surface area contributed by atoms with Gasteiger partial charge >= 0.3 is 12.1 Å². The molecular formula is C12H15NO5. The average molecular weight is 253 g/mol. The predicted molar refractivity (Wildman–Crippen MR) is 62.1 cm³/mol. The van der Waals surface area contributed by atoms with Gasteiger partial charge in [-0.2, -0.15) is 9.59 Å². The standard InChI is InChI=1S/C11H15NO3.CO2/c1-8-3-4-9(11(13)14-2)7-10(8)15-6-5-12;2-1-3/h3-4,7H,5-6,12H2,1-2H3;. The fourth-order valence-corrected chi connectivity index (χ4v) is 1.17. The van der Waals surface area contributed by atoms with Gasteiger partial charge < -0.3 is 15.2 Å². The highest BCUT2D eigenvalue weighted by Crippen LogP contribution is 2.19. The molecule has 0 spiro atoms. The summed E-state index contributed by atoms with van der Waals surface area (Å²) in [6.07, 6.45) is 0.250. The SMILES string of the molecule is COC(=O)c1ccc(C)c(OCCN)c1.O=C=O. The molecule has 0 bridgehead atoms. The highest BCUT2D eigenvalue weighted by atomic mass is 16.5. The van der Waals surface area contributed by atoms with Crippen LogP contribution in [-0.4, -0.2) is 32.4 Å². The lowest BCUT2D eigenvalue weighted by atomic mass is 10.1. The second kappa shape index (κ2) is 8.92. The van der Waals surface area contributed by atoms with Crippen molar-refractivity contribution in [3.8, 4) is 5.75 Å².